The van der Waals surface area contributed by atoms with Crippen LogP contribution in [0.25, 0.3) is 0 Å². The second-order valence-electron chi connectivity index (χ2n) is 4.20. The van der Waals surface area contributed by atoms with Crippen molar-refractivity contribution < 1.29 is 4.79 Å². The van der Waals surface area contributed by atoms with E-state index >= 15 is 0 Å². The number of aldehydes is 1. The lowest BCUT2D eigenvalue weighted by Gasteiger charge is -1.98. The molecule has 16 heavy (non-hydrogen) atoms. The van der Waals surface area contributed by atoms with Gasteiger partial charge in [-0.2, -0.15) is 0 Å². The quantitative estimate of drug-likeness (QED) is 0.262. The van der Waals surface area contributed by atoms with E-state index < -0.39 is 0 Å². The Kier molecular flexibility index (Phi) is 13.4. The van der Waals surface area contributed by atoms with Crippen LogP contribution in [0.5, 0.6) is 0 Å². The molecule has 1 heteroatoms. The molecular formula is C15H26O. The van der Waals surface area contributed by atoms with E-state index in [1.165, 1.54) is 51.4 Å². The van der Waals surface area contributed by atoms with Gasteiger partial charge in [-0.3, -0.25) is 0 Å². The summed E-state index contributed by atoms with van der Waals surface area (Å²) >= 11 is 0. The molecule has 0 aliphatic carbocycles. The lowest BCUT2D eigenvalue weighted by molar-refractivity contribution is -0.107. The first kappa shape index (κ1) is 15.2. The molecule has 0 fully saturated rings. The van der Waals surface area contributed by atoms with Crippen molar-refractivity contribution in [3.63, 3.8) is 0 Å². The third-order valence-electron chi connectivity index (χ3n) is 2.65. The number of carbonyl (C=O) groups excluding carboxylic acids is 1. The number of hydrogen-bond acceptors (Lipinski definition) is 1. The maximum Gasteiger partial charge on any atom is 0.120 e. The summed E-state index contributed by atoms with van der Waals surface area (Å²) in [5.74, 6) is 0. The number of allylic oxidation sites excluding steroid dienone is 3. The SMILES string of the molecule is C=CCCCCCCCCC=CCCC=O. The zero-order valence-corrected chi connectivity index (χ0v) is 10.5. The minimum Gasteiger partial charge on any atom is -0.303 e. The van der Waals surface area contributed by atoms with Gasteiger partial charge in [0.05, 0.1) is 0 Å². The molecule has 0 N–H and O–H groups in total. The van der Waals surface area contributed by atoms with Gasteiger partial charge in [-0.1, -0.05) is 43.9 Å². The summed E-state index contributed by atoms with van der Waals surface area (Å²) in [7, 11) is 0. The molecule has 0 saturated heterocycles. The lowest BCUT2D eigenvalue weighted by Crippen LogP contribution is -1.79. The molecule has 0 radical (unpaired) electrons. The van der Waals surface area contributed by atoms with Crippen molar-refractivity contribution in [2.75, 3.05) is 0 Å². The zero-order valence-electron chi connectivity index (χ0n) is 10.5. The Balaban J connectivity index is 3.00. The van der Waals surface area contributed by atoms with Gasteiger partial charge in [-0.05, 0) is 32.1 Å². The highest BCUT2D eigenvalue weighted by molar-refractivity contribution is 5.49. The Morgan fingerprint density at radius 3 is 1.88 bits per heavy atom. The van der Waals surface area contributed by atoms with Gasteiger partial charge in [0.25, 0.3) is 0 Å². The van der Waals surface area contributed by atoms with Gasteiger partial charge < -0.3 is 4.79 Å². The molecule has 1 nitrogen and oxygen atoms in total. The molecule has 0 aromatic carbocycles. The summed E-state index contributed by atoms with van der Waals surface area (Å²) < 4.78 is 0. The zero-order chi connectivity index (χ0) is 11.9. The second kappa shape index (κ2) is 14.2. The minimum absolute atomic E-state index is 0.666. The summed E-state index contributed by atoms with van der Waals surface area (Å²) in [4.78, 5) is 10.0. The van der Waals surface area contributed by atoms with Crippen molar-refractivity contribution in [1.82, 2.24) is 0 Å². The first-order valence-corrected chi connectivity index (χ1v) is 6.61. The van der Waals surface area contributed by atoms with Crippen LogP contribution in [-0.2, 0) is 4.79 Å². The van der Waals surface area contributed by atoms with E-state index in [0.717, 1.165) is 12.7 Å². The maximum absolute atomic E-state index is 10.0. The van der Waals surface area contributed by atoms with Crippen LogP contribution in [0.4, 0.5) is 0 Å². The smallest absolute Gasteiger partial charge is 0.120 e. The monoisotopic (exact) mass is 222 g/mol. The fourth-order valence-electron chi connectivity index (χ4n) is 1.66. The summed E-state index contributed by atoms with van der Waals surface area (Å²) in [6.07, 6.45) is 19.2. The van der Waals surface area contributed by atoms with E-state index in [4.69, 9.17) is 0 Å². The maximum atomic E-state index is 10.0. The van der Waals surface area contributed by atoms with Crippen molar-refractivity contribution >= 4 is 6.29 Å². The summed E-state index contributed by atoms with van der Waals surface area (Å²) in [6, 6.07) is 0. The molecule has 0 spiro atoms. The van der Waals surface area contributed by atoms with Crippen LogP contribution in [0.15, 0.2) is 24.8 Å². The van der Waals surface area contributed by atoms with Crippen molar-refractivity contribution in [2.24, 2.45) is 0 Å². The Labute approximate surface area is 101 Å². The van der Waals surface area contributed by atoms with E-state index in [0.29, 0.717) is 6.42 Å². The van der Waals surface area contributed by atoms with Gasteiger partial charge in [0.15, 0.2) is 0 Å². The van der Waals surface area contributed by atoms with E-state index in [1.807, 2.05) is 6.08 Å². The number of hydrogen-bond donors (Lipinski definition) is 0. The molecule has 0 rings (SSSR count). The molecule has 92 valence electrons. The topological polar surface area (TPSA) is 17.1 Å². The van der Waals surface area contributed by atoms with Crippen LogP contribution in [0.2, 0.25) is 0 Å². The fraction of sp³-hybridized carbons (Fsp3) is 0.667. The highest BCUT2D eigenvalue weighted by atomic mass is 16.1. The lowest BCUT2D eigenvalue weighted by atomic mass is 10.1. The van der Waals surface area contributed by atoms with Crippen LogP contribution in [0, 0.1) is 0 Å². The molecule has 0 heterocycles. The van der Waals surface area contributed by atoms with Crippen molar-refractivity contribution in [2.45, 2.75) is 64.2 Å². The van der Waals surface area contributed by atoms with Gasteiger partial charge in [0.1, 0.15) is 6.29 Å². The number of carbonyl (C=O) groups is 1. The van der Waals surface area contributed by atoms with Crippen LogP contribution >= 0.6 is 0 Å². The van der Waals surface area contributed by atoms with Crippen molar-refractivity contribution in [1.29, 1.82) is 0 Å². The average molecular weight is 222 g/mol. The molecule has 0 aromatic rings. The summed E-state index contributed by atoms with van der Waals surface area (Å²) in [6.45, 7) is 3.72. The van der Waals surface area contributed by atoms with Gasteiger partial charge in [-0.15, -0.1) is 6.58 Å². The van der Waals surface area contributed by atoms with Crippen LogP contribution in [-0.4, -0.2) is 6.29 Å². The normalized spacial score (nSPS) is 10.8. The van der Waals surface area contributed by atoms with E-state index in [2.05, 4.69) is 18.7 Å². The number of rotatable bonds is 12. The minimum atomic E-state index is 0.666. The van der Waals surface area contributed by atoms with E-state index in [9.17, 15) is 4.79 Å². The Hall–Kier alpha value is -0.850. The van der Waals surface area contributed by atoms with Gasteiger partial charge in [0.2, 0.25) is 0 Å². The fourth-order valence-corrected chi connectivity index (χ4v) is 1.66. The highest BCUT2D eigenvalue weighted by Crippen LogP contribution is 2.09. The largest absolute Gasteiger partial charge is 0.303 e. The highest BCUT2D eigenvalue weighted by Gasteiger charge is 1.89. The molecular weight excluding hydrogens is 196 g/mol. The Morgan fingerprint density at radius 1 is 0.688 bits per heavy atom. The average Bonchev–Trinajstić information content (AvgIpc) is 2.31. The van der Waals surface area contributed by atoms with Gasteiger partial charge in [0, 0.05) is 6.42 Å². The van der Waals surface area contributed by atoms with Crippen LogP contribution in [0.1, 0.15) is 64.2 Å². The second-order valence-corrected chi connectivity index (χ2v) is 4.20. The summed E-state index contributed by atoms with van der Waals surface area (Å²) in [5.41, 5.74) is 0. The predicted octanol–water partition coefficient (Wildman–Crippen LogP) is 4.83. The molecule has 0 atom stereocenters. The predicted molar refractivity (Wildman–Crippen MR) is 71.6 cm³/mol. The molecule has 0 bridgehead atoms. The molecule has 0 aliphatic heterocycles. The molecule has 0 unspecified atom stereocenters. The third kappa shape index (κ3) is 13.2. The molecule has 0 saturated carbocycles. The molecule has 0 aliphatic rings. The van der Waals surface area contributed by atoms with Crippen LogP contribution in [0.3, 0.4) is 0 Å². The Bertz CT molecular complexity index is 182. The van der Waals surface area contributed by atoms with Gasteiger partial charge >= 0.3 is 0 Å². The molecule has 0 amide bonds. The first-order chi connectivity index (χ1) is 7.91. The van der Waals surface area contributed by atoms with Crippen molar-refractivity contribution in [3.8, 4) is 0 Å². The van der Waals surface area contributed by atoms with Crippen molar-refractivity contribution in [3.05, 3.63) is 24.8 Å². The first-order valence-electron chi connectivity index (χ1n) is 6.61. The van der Waals surface area contributed by atoms with E-state index in [-0.39, 0.29) is 0 Å². The summed E-state index contributed by atoms with van der Waals surface area (Å²) in [5, 5.41) is 0. The van der Waals surface area contributed by atoms with Crippen LogP contribution < -0.4 is 0 Å². The van der Waals surface area contributed by atoms with E-state index in [1.54, 1.807) is 0 Å². The third-order valence-corrected chi connectivity index (χ3v) is 2.65. The van der Waals surface area contributed by atoms with Gasteiger partial charge in [-0.25, -0.2) is 0 Å². The number of unbranched alkanes of at least 4 members (excludes halogenated alkanes) is 8. The standard InChI is InChI=1S/C15H26O/c1-2-3-4-5-6-7-8-9-10-11-12-13-14-15-16/h2,11-12,15H,1,3-10,13-14H2. The molecule has 0 aromatic heterocycles. The Morgan fingerprint density at radius 2 is 1.25 bits per heavy atom.